The fraction of sp³-hybridized carbons (Fsp3) is 0.176. The standard InChI is InChI=1S/C17H14F3N3O3S/c18-17(19,20)14-6-3-4-12(8-14)10-22-16(24)11-23-27(25,26)15-7-2-1-5-13(15)9-21/h1-8,23H,10-11H2,(H,22,24). The van der Waals surface area contributed by atoms with Crippen molar-refractivity contribution >= 4 is 15.9 Å². The molecule has 0 radical (unpaired) electrons. The Morgan fingerprint density at radius 1 is 1.11 bits per heavy atom. The minimum Gasteiger partial charge on any atom is -0.351 e. The number of hydrogen-bond donors (Lipinski definition) is 2. The number of nitrogens with zero attached hydrogens (tertiary/aromatic N) is 1. The Labute approximate surface area is 153 Å². The van der Waals surface area contributed by atoms with Gasteiger partial charge in [0, 0.05) is 6.54 Å². The van der Waals surface area contributed by atoms with Crippen LogP contribution < -0.4 is 10.0 Å². The lowest BCUT2D eigenvalue weighted by molar-refractivity contribution is -0.137. The molecule has 1 amide bonds. The van der Waals surface area contributed by atoms with E-state index in [9.17, 15) is 26.4 Å². The molecule has 0 heterocycles. The number of carbonyl (C=O) groups is 1. The van der Waals surface area contributed by atoms with E-state index in [1.807, 2.05) is 0 Å². The normalized spacial score (nSPS) is 11.6. The molecule has 2 N–H and O–H groups in total. The third-order valence-electron chi connectivity index (χ3n) is 3.46. The van der Waals surface area contributed by atoms with Gasteiger partial charge in [0.1, 0.15) is 6.07 Å². The second-order valence-electron chi connectivity index (χ2n) is 5.41. The lowest BCUT2D eigenvalue weighted by Crippen LogP contribution is -2.36. The van der Waals surface area contributed by atoms with Crippen molar-refractivity contribution in [3.63, 3.8) is 0 Å². The van der Waals surface area contributed by atoms with E-state index >= 15 is 0 Å². The number of alkyl halides is 3. The summed E-state index contributed by atoms with van der Waals surface area (Å²) in [6.45, 7) is -0.819. The van der Waals surface area contributed by atoms with Gasteiger partial charge < -0.3 is 5.32 Å². The van der Waals surface area contributed by atoms with Crippen molar-refractivity contribution in [2.45, 2.75) is 17.6 Å². The van der Waals surface area contributed by atoms with Crippen molar-refractivity contribution in [1.29, 1.82) is 5.26 Å². The van der Waals surface area contributed by atoms with Crippen molar-refractivity contribution in [1.82, 2.24) is 10.0 Å². The van der Waals surface area contributed by atoms with E-state index in [-0.39, 0.29) is 22.6 Å². The Kier molecular flexibility index (Phi) is 6.20. The molecule has 0 saturated heterocycles. The summed E-state index contributed by atoms with van der Waals surface area (Å²) >= 11 is 0. The van der Waals surface area contributed by atoms with Crippen molar-refractivity contribution in [3.8, 4) is 6.07 Å². The van der Waals surface area contributed by atoms with Gasteiger partial charge in [0.25, 0.3) is 0 Å². The molecule has 27 heavy (non-hydrogen) atoms. The maximum absolute atomic E-state index is 12.7. The third-order valence-corrected chi connectivity index (χ3v) is 4.92. The van der Waals surface area contributed by atoms with Gasteiger partial charge in [0.05, 0.1) is 22.6 Å². The molecule has 10 heteroatoms. The van der Waals surface area contributed by atoms with E-state index in [0.29, 0.717) is 0 Å². The number of nitriles is 1. The summed E-state index contributed by atoms with van der Waals surface area (Å²) in [4.78, 5) is 11.5. The first-order valence-corrected chi connectivity index (χ1v) is 9.03. The van der Waals surface area contributed by atoms with Crippen LogP contribution in [0, 0.1) is 11.3 Å². The average molecular weight is 397 g/mol. The van der Waals surface area contributed by atoms with Crippen LogP contribution in [0.5, 0.6) is 0 Å². The minimum absolute atomic E-state index is 0.0747. The topological polar surface area (TPSA) is 99.1 Å². The Morgan fingerprint density at radius 2 is 1.81 bits per heavy atom. The molecule has 0 bridgehead atoms. The molecular formula is C17H14F3N3O3S. The Bertz CT molecular complexity index is 983. The Morgan fingerprint density at radius 3 is 2.48 bits per heavy atom. The molecule has 2 rings (SSSR count). The van der Waals surface area contributed by atoms with Gasteiger partial charge in [-0.05, 0) is 29.8 Å². The Hall–Kier alpha value is -2.90. The molecular weight excluding hydrogens is 383 g/mol. The summed E-state index contributed by atoms with van der Waals surface area (Å²) in [6.07, 6.45) is -4.50. The second-order valence-corrected chi connectivity index (χ2v) is 7.14. The summed E-state index contributed by atoms with van der Waals surface area (Å²) in [6, 6.07) is 11.6. The largest absolute Gasteiger partial charge is 0.416 e. The van der Waals surface area contributed by atoms with E-state index in [0.717, 1.165) is 12.1 Å². The number of rotatable bonds is 6. The molecule has 0 aliphatic heterocycles. The molecule has 2 aromatic carbocycles. The van der Waals surface area contributed by atoms with E-state index in [1.54, 1.807) is 6.07 Å². The molecule has 0 saturated carbocycles. The third kappa shape index (κ3) is 5.54. The van der Waals surface area contributed by atoms with Crippen LogP contribution >= 0.6 is 0 Å². The quantitative estimate of drug-likeness (QED) is 0.780. The highest BCUT2D eigenvalue weighted by Gasteiger charge is 2.30. The maximum atomic E-state index is 12.7. The molecule has 0 unspecified atom stereocenters. The van der Waals surface area contributed by atoms with Crippen LogP contribution in [-0.2, 0) is 27.5 Å². The van der Waals surface area contributed by atoms with Crippen LogP contribution in [0.15, 0.2) is 53.4 Å². The van der Waals surface area contributed by atoms with Gasteiger partial charge in [0.2, 0.25) is 15.9 Å². The van der Waals surface area contributed by atoms with Gasteiger partial charge >= 0.3 is 6.18 Å². The molecule has 6 nitrogen and oxygen atoms in total. The highest BCUT2D eigenvalue weighted by molar-refractivity contribution is 7.89. The van der Waals surface area contributed by atoms with Crippen molar-refractivity contribution in [3.05, 3.63) is 65.2 Å². The predicted octanol–water partition coefficient (Wildman–Crippen LogP) is 2.17. The van der Waals surface area contributed by atoms with Gasteiger partial charge in [0.15, 0.2) is 0 Å². The molecule has 0 aromatic heterocycles. The summed E-state index contributed by atoms with van der Waals surface area (Å²) in [7, 11) is -4.09. The van der Waals surface area contributed by atoms with Crippen LogP contribution in [0.3, 0.4) is 0 Å². The highest BCUT2D eigenvalue weighted by Crippen LogP contribution is 2.29. The van der Waals surface area contributed by atoms with Crippen LogP contribution in [0.1, 0.15) is 16.7 Å². The zero-order valence-electron chi connectivity index (χ0n) is 13.7. The molecule has 2 aromatic rings. The zero-order chi connectivity index (χ0) is 20.1. The van der Waals surface area contributed by atoms with E-state index in [2.05, 4.69) is 10.0 Å². The summed E-state index contributed by atoms with van der Waals surface area (Å²) in [5.41, 5.74) is -0.701. The van der Waals surface area contributed by atoms with Crippen molar-refractivity contribution in [2.75, 3.05) is 6.54 Å². The number of nitrogens with one attached hydrogen (secondary N) is 2. The first-order chi connectivity index (χ1) is 12.6. The zero-order valence-corrected chi connectivity index (χ0v) is 14.6. The van der Waals surface area contributed by atoms with E-state index in [1.165, 1.54) is 36.4 Å². The summed E-state index contributed by atoms with van der Waals surface area (Å²) in [5.74, 6) is -0.731. The monoisotopic (exact) mass is 397 g/mol. The lowest BCUT2D eigenvalue weighted by Gasteiger charge is -2.10. The highest BCUT2D eigenvalue weighted by atomic mass is 32.2. The fourth-order valence-corrected chi connectivity index (χ4v) is 3.29. The van der Waals surface area contributed by atoms with Gasteiger partial charge in [-0.3, -0.25) is 4.79 Å². The van der Waals surface area contributed by atoms with Crippen molar-refractivity contribution in [2.24, 2.45) is 0 Å². The Balaban J connectivity index is 1.96. The first-order valence-electron chi connectivity index (χ1n) is 7.55. The number of hydrogen-bond acceptors (Lipinski definition) is 4. The molecule has 0 aliphatic rings. The molecule has 0 aliphatic carbocycles. The minimum atomic E-state index is -4.50. The van der Waals surface area contributed by atoms with Gasteiger partial charge in [-0.1, -0.05) is 24.3 Å². The number of benzene rings is 2. The van der Waals surface area contributed by atoms with Crippen molar-refractivity contribution < 1.29 is 26.4 Å². The summed E-state index contributed by atoms with van der Waals surface area (Å²) < 4.78 is 64.4. The van der Waals surface area contributed by atoms with Crippen LogP contribution in [0.25, 0.3) is 0 Å². The fourth-order valence-electron chi connectivity index (χ4n) is 2.15. The molecule has 0 atom stereocenters. The smallest absolute Gasteiger partial charge is 0.351 e. The number of halogens is 3. The lowest BCUT2D eigenvalue weighted by atomic mass is 10.1. The first kappa shape index (κ1) is 20.4. The SMILES string of the molecule is N#Cc1ccccc1S(=O)(=O)NCC(=O)NCc1cccc(C(F)(F)F)c1. The molecule has 0 spiro atoms. The second kappa shape index (κ2) is 8.20. The number of carbonyl (C=O) groups excluding carboxylic acids is 1. The van der Waals surface area contributed by atoms with E-state index < -0.39 is 34.2 Å². The molecule has 0 fully saturated rings. The predicted molar refractivity (Wildman–Crippen MR) is 89.6 cm³/mol. The van der Waals surface area contributed by atoms with Gasteiger partial charge in [-0.2, -0.15) is 18.4 Å². The molecule has 142 valence electrons. The van der Waals surface area contributed by atoms with Crippen LogP contribution in [-0.4, -0.2) is 20.9 Å². The van der Waals surface area contributed by atoms with Gasteiger partial charge in [-0.15, -0.1) is 0 Å². The summed E-state index contributed by atoms with van der Waals surface area (Å²) in [5, 5.41) is 11.3. The van der Waals surface area contributed by atoms with Crippen LogP contribution in [0.4, 0.5) is 13.2 Å². The van der Waals surface area contributed by atoms with Crippen LogP contribution in [0.2, 0.25) is 0 Å². The maximum Gasteiger partial charge on any atom is 0.416 e. The van der Waals surface area contributed by atoms with Gasteiger partial charge in [-0.25, -0.2) is 13.1 Å². The number of sulfonamides is 1. The average Bonchev–Trinajstić information content (AvgIpc) is 2.64. The van der Waals surface area contributed by atoms with E-state index in [4.69, 9.17) is 5.26 Å². The number of amides is 1.